The Kier molecular flexibility index (Phi) is 8.48. The third-order valence-corrected chi connectivity index (χ3v) is 6.92. The summed E-state index contributed by atoms with van der Waals surface area (Å²) in [6.07, 6.45) is 3.38. The summed E-state index contributed by atoms with van der Waals surface area (Å²) < 4.78 is 0. The van der Waals surface area contributed by atoms with E-state index in [-0.39, 0.29) is 23.6 Å². The van der Waals surface area contributed by atoms with Gasteiger partial charge < -0.3 is 20.9 Å². The van der Waals surface area contributed by atoms with Crippen molar-refractivity contribution in [3.8, 4) is 0 Å². The molecule has 2 aromatic rings. The molecule has 0 saturated carbocycles. The Bertz CT molecular complexity index is 1070. The lowest BCUT2D eigenvalue weighted by molar-refractivity contribution is -0.140. The summed E-state index contributed by atoms with van der Waals surface area (Å²) in [7, 11) is 0. The van der Waals surface area contributed by atoms with Crippen molar-refractivity contribution in [1.29, 1.82) is 0 Å². The van der Waals surface area contributed by atoms with E-state index in [1.54, 1.807) is 36.1 Å². The lowest BCUT2D eigenvalue weighted by Gasteiger charge is -2.28. The van der Waals surface area contributed by atoms with Crippen LogP contribution in [0.3, 0.4) is 0 Å². The van der Waals surface area contributed by atoms with E-state index in [4.69, 9.17) is 0 Å². The molecule has 4 unspecified atom stereocenters. The summed E-state index contributed by atoms with van der Waals surface area (Å²) in [5.41, 5.74) is 1.43. The topological polar surface area (TPSA) is 108 Å². The van der Waals surface area contributed by atoms with Crippen LogP contribution in [0, 0.1) is 0 Å². The fourth-order valence-corrected chi connectivity index (χ4v) is 4.93. The summed E-state index contributed by atoms with van der Waals surface area (Å²) in [5, 5.41) is 8.81. The van der Waals surface area contributed by atoms with E-state index in [2.05, 4.69) is 16.0 Å². The molecule has 2 aliphatic rings. The molecular weight excluding hydrogens is 456 g/mol. The number of carbonyl (C=O) groups excluding carboxylic acids is 4. The molecule has 0 bridgehead atoms. The van der Waals surface area contributed by atoms with E-state index in [1.807, 2.05) is 36.4 Å². The molecule has 0 spiro atoms. The number of benzene rings is 2. The minimum absolute atomic E-state index is 0.0429. The van der Waals surface area contributed by atoms with Gasteiger partial charge in [-0.15, -0.1) is 0 Å². The van der Waals surface area contributed by atoms with Gasteiger partial charge in [0.15, 0.2) is 5.78 Å². The zero-order valence-corrected chi connectivity index (χ0v) is 20.6. The molecule has 2 fully saturated rings. The van der Waals surface area contributed by atoms with Gasteiger partial charge in [0.05, 0.1) is 12.1 Å². The predicted octanol–water partition coefficient (Wildman–Crippen LogP) is 1.84. The van der Waals surface area contributed by atoms with E-state index < -0.39 is 24.0 Å². The van der Waals surface area contributed by atoms with Gasteiger partial charge in [0.25, 0.3) is 0 Å². The van der Waals surface area contributed by atoms with E-state index >= 15 is 0 Å². The summed E-state index contributed by atoms with van der Waals surface area (Å²) in [6.45, 7) is 2.95. The number of hydrogen-bond donors (Lipinski definition) is 3. The molecule has 190 valence electrons. The van der Waals surface area contributed by atoms with Crippen LogP contribution in [0.4, 0.5) is 0 Å². The van der Waals surface area contributed by atoms with Crippen LogP contribution < -0.4 is 16.0 Å². The first-order chi connectivity index (χ1) is 17.4. The molecule has 3 N–H and O–H groups in total. The second-order valence-electron chi connectivity index (χ2n) is 9.55. The molecule has 8 heteroatoms. The number of hydrogen-bond acceptors (Lipinski definition) is 5. The van der Waals surface area contributed by atoms with Crippen molar-refractivity contribution in [2.75, 3.05) is 13.1 Å². The second-order valence-corrected chi connectivity index (χ2v) is 9.55. The Morgan fingerprint density at radius 1 is 0.944 bits per heavy atom. The lowest BCUT2D eigenvalue weighted by Crippen LogP contribution is -2.56. The average Bonchev–Trinajstić information content (AvgIpc) is 3.61. The minimum Gasteiger partial charge on any atom is -0.344 e. The molecule has 4 atom stereocenters. The molecule has 36 heavy (non-hydrogen) atoms. The highest BCUT2D eigenvalue weighted by Crippen LogP contribution is 2.21. The van der Waals surface area contributed by atoms with Crippen LogP contribution >= 0.6 is 0 Å². The maximum absolute atomic E-state index is 13.2. The molecule has 3 amide bonds. The third-order valence-electron chi connectivity index (χ3n) is 6.92. The number of nitrogens with one attached hydrogen (secondary N) is 3. The molecule has 8 nitrogen and oxygen atoms in total. The first-order valence-corrected chi connectivity index (χ1v) is 12.7. The lowest BCUT2D eigenvalue weighted by atomic mass is 9.97. The van der Waals surface area contributed by atoms with Crippen molar-refractivity contribution >= 4 is 23.5 Å². The highest BCUT2D eigenvalue weighted by molar-refractivity contribution is 6.03. The van der Waals surface area contributed by atoms with Crippen LogP contribution in [-0.4, -0.2) is 65.7 Å². The average molecular weight is 491 g/mol. The standard InChI is InChI=1S/C28H34N4O4/c1-19(30-27(35)24-15-9-17-32(24)28(36)22-14-8-16-29-22)26(34)31-23(18-20-10-4-2-5-11-20)25(33)21-12-6-3-7-13-21/h2-7,10-13,19,22-24,29H,8-9,14-18H2,1H3,(H,30,35)(H,31,34). The summed E-state index contributed by atoms with van der Waals surface area (Å²) in [6, 6.07) is 15.9. The summed E-state index contributed by atoms with van der Waals surface area (Å²) >= 11 is 0. The Balaban J connectivity index is 1.40. The Morgan fingerprint density at radius 3 is 2.31 bits per heavy atom. The van der Waals surface area contributed by atoms with E-state index in [0.717, 1.165) is 31.4 Å². The van der Waals surface area contributed by atoms with E-state index in [9.17, 15) is 19.2 Å². The van der Waals surface area contributed by atoms with Gasteiger partial charge in [0.2, 0.25) is 17.7 Å². The highest BCUT2D eigenvalue weighted by Gasteiger charge is 2.38. The van der Waals surface area contributed by atoms with Crippen molar-refractivity contribution in [1.82, 2.24) is 20.9 Å². The van der Waals surface area contributed by atoms with Gasteiger partial charge in [-0.1, -0.05) is 60.7 Å². The number of amides is 3. The summed E-state index contributed by atoms with van der Waals surface area (Å²) in [5.74, 6) is -1.01. The molecule has 2 saturated heterocycles. The SMILES string of the molecule is CC(NC(=O)C1CCCN1C(=O)C1CCCN1)C(=O)NC(Cc1ccccc1)C(=O)c1ccccc1. The first kappa shape index (κ1) is 25.6. The Morgan fingerprint density at radius 2 is 1.64 bits per heavy atom. The number of likely N-dealkylation sites (tertiary alicyclic amines) is 1. The Hall–Kier alpha value is -3.52. The monoisotopic (exact) mass is 490 g/mol. The predicted molar refractivity (Wildman–Crippen MR) is 136 cm³/mol. The first-order valence-electron chi connectivity index (χ1n) is 12.7. The molecule has 2 heterocycles. The number of carbonyl (C=O) groups is 4. The second kappa shape index (κ2) is 11.9. The molecule has 2 aromatic carbocycles. The Labute approximate surface area is 211 Å². The number of nitrogens with zero attached hydrogens (tertiary/aromatic N) is 1. The van der Waals surface area contributed by atoms with Crippen molar-refractivity contribution < 1.29 is 19.2 Å². The van der Waals surface area contributed by atoms with E-state index in [1.165, 1.54) is 0 Å². The zero-order chi connectivity index (χ0) is 25.5. The van der Waals surface area contributed by atoms with Gasteiger partial charge in [0.1, 0.15) is 12.1 Å². The maximum atomic E-state index is 13.2. The number of Topliss-reactive ketones (excluding diaryl/α,β-unsaturated/α-hetero) is 1. The van der Waals surface area contributed by atoms with Gasteiger partial charge in [0, 0.05) is 18.5 Å². The fourth-order valence-electron chi connectivity index (χ4n) is 4.93. The minimum atomic E-state index is -0.860. The van der Waals surface area contributed by atoms with Gasteiger partial charge >= 0.3 is 0 Å². The van der Waals surface area contributed by atoms with Crippen molar-refractivity contribution in [3.63, 3.8) is 0 Å². The zero-order valence-electron chi connectivity index (χ0n) is 20.6. The maximum Gasteiger partial charge on any atom is 0.243 e. The van der Waals surface area contributed by atoms with Crippen LogP contribution in [0.1, 0.15) is 48.5 Å². The largest absolute Gasteiger partial charge is 0.344 e. The van der Waals surface area contributed by atoms with Crippen LogP contribution in [0.15, 0.2) is 60.7 Å². The molecular formula is C28H34N4O4. The highest BCUT2D eigenvalue weighted by atomic mass is 16.2. The van der Waals surface area contributed by atoms with Crippen molar-refractivity contribution in [2.45, 2.75) is 63.2 Å². The smallest absolute Gasteiger partial charge is 0.243 e. The quantitative estimate of drug-likeness (QED) is 0.465. The molecule has 4 rings (SSSR count). The number of rotatable bonds is 9. The number of ketones is 1. The normalized spacial score (nSPS) is 21.0. The molecule has 0 aromatic heterocycles. The van der Waals surface area contributed by atoms with Gasteiger partial charge in [-0.25, -0.2) is 0 Å². The molecule has 2 aliphatic heterocycles. The van der Waals surface area contributed by atoms with Gasteiger partial charge in [-0.3, -0.25) is 19.2 Å². The van der Waals surface area contributed by atoms with E-state index in [0.29, 0.717) is 24.9 Å². The van der Waals surface area contributed by atoms with Crippen molar-refractivity contribution in [2.24, 2.45) is 0 Å². The van der Waals surface area contributed by atoms with Crippen LogP contribution in [-0.2, 0) is 20.8 Å². The molecule has 0 aliphatic carbocycles. The van der Waals surface area contributed by atoms with Crippen molar-refractivity contribution in [3.05, 3.63) is 71.8 Å². The van der Waals surface area contributed by atoms with Crippen LogP contribution in [0.2, 0.25) is 0 Å². The van der Waals surface area contributed by atoms with Gasteiger partial charge in [-0.2, -0.15) is 0 Å². The van der Waals surface area contributed by atoms with Crippen LogP contribution in [0.25, 0.3) is 0 Å². The third kappa shape index (κ3) is 6.18. The van der Waals surface area contributed by atoms with Crippen LogP contribution in [0.5, 0.6) is 0 Å². The summed E-state index contributed by atoms with van der Waals surface area (Å²) in [4.78, 5) is 53.9. The fraction of sp³-hybridized carbons (Fsp3) is 0.429. The molecule has 0 radical (unpaired) electrons. The van der Waals surface area contributed by atoms with Gasteiger partial charge in [-0.05, 0) is 44.7 Å².